The number of hydrogen-bond donors (Lipinski definition) is 2. The van der Waals surface area contributed by atoms with E-state index in [1.54, 1.807) is 0 Å². The molecule has 1 fully saturated rings. The van der Waals surface area contributed by atoms with Crippen LogP contribution < -0.4 is 5.32 Å². The summed E-state index contributed by atoms with van der Waals surface area (Å²) in [7, 11) is 0. The van der Waals surface area contributed by atoms with Crippen molar-refractivity contribution < 1.29 is 9.90 Å². The van der Waals surface area contributed by atoms with Gasteiger partial charge < -0.3 is 10.4 Å². The van der Waals surface area contributed by atoms with Crippen LogP contribution in [-0.2, 0) is 0 Å². The summed E-state index contributed by atoms with van der Waals surface area (Å²) in [5.41, 5.74) is 0.745. The van der Waals surface area contributed by atoms with Crippen LogP contribution in [0, 0.1) is 6.92 Å². The molecule has 112 valence electrons. The zero-order valence-electron chi connectivity index (χ0n) is 12.0. The van der Waals surface area contributed by atoms with Gasteiger partial charge in [0.15, 0.2) is 0 Å². The number of aryl methyl sites for hydroxylation is 1. The smallest absolute Gasteiger partial charge is 0.346 e. The number of anilines is 1. The van der Waals surface area contributed by atoms with E-state index in [1.165, 1.54) is 36.3 Å². The van der Waals surface area contributed by atoms with Gasteiger partial charge in [-0.25, -0.2) is 14.8 Å². The van der Waals surface area contributed by atoms with Crippen molar-refractivity contribution in [1.29, 1.82) is 0 Å². The van der Waals surface area contributed by atoms with Gasteiger partial charge in [0.2, 0.25) is 0 Å². The molecule has 0 amide bonds. The van der Waals surface area contributed by atoms with E-state index < -0.39 is 5.97 Å². The molecular formula is C14H17N3O2S2. The number of hydrogen-bond acceptors (Lipinski definition) is 6. The largest absolute Gasteiger partial charge is 0.477 e. The Bertz CT molecular complexity index is 693. The molecule has 21 heavy (non-hydrogen) atoms. The van der Waals surface area contributed by atoms with Crippen molar-refractivity contribution in [2.75, 3.05) is 17.6 Å². The number of nitrogens with one attached hydrogen (secondary N) is 1. The van der Waals surface area contributed by atoms with Gasteiger partial charge in [0.25, 0.3) is 0 Å². The fraction of sp³-hybridized carbons (Fsp3) is 0.500. The Morgan fingerprint density at radius 3 is 3.00 bits per heavy atom. The zero-order valence-corrected chi connectivity index (χ0v) is 13.6. The molecule has 1 atom stereocenters. The van der Waals surface area contributed by atoms with Crippen LogP contribution in [0.5, 0.6) is 0 Å². The molecule has 1 aliphatic heterocycles. The number of aromatic carboxylic acids is 1. The molecular weight excluding hydrogens is 306 g/mol. The van der Waals surface area contributed by atoms with E-state index in [2.05, 4.69) is 22.2 Å². The molecule has 0 aliphatic carbocycles. The third-order valence-electron chi connectivity index (χ3n) is 3.85. The second-order valence-electron chi connectivity index (χ2n) is 5.52. The highest BCUT2D eigenvalue weighted by Crippen LogP contribution is 2.39. The zero-order chi connectivity index (χ0) is 15.0. The van der Waals surface area contributed by atoms with Crippen molar-refractivity contribution in [2.45, 2.75) is 31.4 Å². The number of fused-ring (bicyclic) bond motifs is 1. The summed E-state index contributed by atoms with van der Waals surface area (Å²) in [6, 6.07) is 0. The molecule has 5 nitrogen and oxygen atoms in total. The first kappa shape index (κ1) is 14.6. The van der Waals surface area contributed by atoms with E-state index >= 15 is 0 Å². The Balaban J connectivity index is 1.93. The lowest BCUT2D eigenvalue weighted by Crippen LogP contribution is -2.27. The Hall–Kier alpha value is -1.34. The predicted molar refractivity (Wildman–Crippen MR) is 87.7 cm³/mol. The third-order valence-corrected chi connectivity index (χ3v) is 6.58. The molecule has 3 heterocycles. The molecule has 0 radical (unpaired) electrons. The highest BCUT2D eigenvalue weighted by Gasteiger charge is 2.29. The van der Waals surface area contributed by atoms with Gasteiger partial charge in [-0.3, -0.25) is 0 Å². The monoisotopic (exact) mass is 323 g/mol. The number of carboxylic acid groups (broad SMARTS) is 1. The molecule has 1 saturated heterocycles. The summed E-state index contributed by atoms with van der Waals surface area (Å²) in [6.07, 6.45) is 3.95. The molecule has 2 aromatic heterocycles. The summed E-state index contributed by atoms with van der Waals surface area (Å²) < 4.78 is 0.233. The van der Waals surface area contributed by atoms with Gasteiger partial charge in [-0.15, -0.1) is 11.3 Å². The predicted octanol–water partition coefficient (Wildman–Crippen LogP) is 3.40. The quantitative estimate of drug-likeness (QED) is 0.898. The van der Waals surface area contributed by atoms with Crippen molar-refractivity contribution >= 4 is 45.1 Å². The van der Waals surface area contributed by atoms with Gasteiger partial charge in [0, 0.05) is 11.3 Å². The Morgan fingerprint density at radius 2 is 2.33 bits per heavy atom. The SMILES string of the molecule is Cc1c(C(=O)O)sc2ncnc(NCC3(C)CCCS3)c12. The fourth-order valence-electron chi connectivity index (χ4n) is 2.66. The maximum absolute atomic E-state index is 11.3. The summed E-state index contributed by atoms with van der Waals surface area (Å²) in [5, 5.41) is 13.5. The minimum Gasteiger partial charge on any atom is -0.477 e. The molecule has 0 saturated carbocycles. The van der Waals surface area contributed by atoms with Gasteiger partial charge in [0.05, 0.1) is 5.39 Å². The second kappa shape index (κ2) is 5.46. The maximum atomic E-state index is 11.3. The highest BCUT2D eigenvalue weighted by molar-refractivity contribution is 8.00. The van der Waals surface area contributed by atoms with Crippen molar-refractivity contribution in [3.05, 3.63) is 16.8 Å². The van der Waals surface area contributed by atoms with E-state index in [0.717, 1.165) is 28.1 Å². The van der Waals surface area contributed by atoms with E-state index in [1.807, 2.05) is 18.7 Å². The van der Waals surface area contributed by atoms with Crippen LogP contribution in [0.25, 0.3) is 10.2 Å². The fourth-order valence-corrected chi connectivity index (χ4v) is 4.89. The summed E-state index contributed by atoms with van der Waals surface area (Å²) >= 11 is 3.19. The number of rotatable bonds is 4. The lowest BCUT2D eigenvalue weighted by Gasteiger charge is -2.23. The standard InChI is InChI=1S/C14H17N3O2S2/c1-8-9-11(15-6-14(2)4-3-5-20-14)16-7-17-12(9)21-10(8)13(18)19/h7H,3-6H2,1-2H3,(H,18,19)(H,15,16,17). The number of thiophene rings is 1. The van der Waals surface area contributed by atoms with Crippen LogP contribution in [0.2, 0.25) is 0 Å². The molecule has 0 aromatic carbocycles. The minimum absolute atomic E-state index is 0.233. The molecule has 0 spiro atoms. The van der Waals surface area contributed by atoms with Gasteiger partial charge in [-0.05, 0) is 38.0 Å². The van der Waals surface area contributed by atoms with E-state index in [0.29, 0.717) is 4.88 Å². The Morgan fingerprint density at radius 1 is 1.52 bits per heavy atom. The van der Waals surface area contributed by atoms with E-state index in [9.17, 15) is 9.90 Å². The van der Waals surface area contributed by atoms with E-state index in [4.69, 9.17) is 0 Å². The van der Waals surface area contributed by atoms with Crippen molar-refractivity contribution in [1.82, 2.24) is 9.97 Å². The molecule has 1 aliphatic rings. The van der Waals surface area contributed by atoms with Gasteiger partial charge in [-0.1, -0.05) is 0 Å². The van der Waals surface area contributed by atoms with Crippen molar-refractivity contribution in [3.63, 3.8) is 0 Å². The average Bonchev–Trinajstić information content (AvgIpc) is 3.02. The summed E-state index contributed by atoms with van der Waals surface area (Å²) in [5.74, 6) is 1.05. The number of thioether (sulfide) groups is 1. The normalized spacial score (nSPS) is 21.8. The van der Waals surface area contributed by atoms with Gasteiger partial charge >= 0.3 is 5.97 Å². The van der Waals surface area contributed by atoms with Crippen LogP contribution in [0.4, 0.5) is 5.82 Å². The third kappa shape index (κ3) is 2.72. The minimum atomic E-state index is -0.903. The maximum Gasteiger partial charge on any atom is 0.346 e. The lowest BCUT2D eigenvalue weighted by atomic mass is 10.1. The first-order chi connectivity index (χ1) is 10.0. The first-order valence-electron chi connectivity index (χ1n) is 6.85. The number of nitrogens with zero attached hydrogens (tertiary/aromatic N) is 2. The second-order valence-corrected chi connectivity index (χ2v) is 8.20. The summed E-state index contributed by atoms with van der Waals surface area (Å²) in [6.45, 7) is 4.92. The average molecular weight is 323 g/mol. The van der Waals surface area contributed by atoms with Crippen LogP contribution in [0.3, 0.4) is 0 Å². The lowest BCUT2D eigenvalue weighted by molar-refractivity contribution is 0.0701. The number of carbonyl (C=O) groups is 1. The van der Waals surface area contributed by atoms with Crippen LogP contribution in [-0.4, -0.2) is 38.1 Å². The van der Waals surface area contributed by atoms with Crippen LogP contribution in [0.1, 0.15) is 35.0 Å². The van der Waals surface area contributed by atoms with Crippen molar-refractivity contribution in [2.24, 2.45) is 0 Å². The molecule has 2 aromatic rings. The molecule has 0 bridgehead atoms. The molecule has 2 N–H and O–H groups in total. The van der Waals surface area contributed by atoms with Gasteiger partial charge in [0.1, 0.15) is 21.9 Å². The Labute approximate surface area is 131 Å². The van der Waals surface area contributed by atoms with Crippen LogP contribution >= 0.6 is 23.1 Å². The van der Waals surface area contributed by atoms with Crippen LogP contribution in [0.15, 0.2) is 6.33 Å². The van der Waals surface area contributed by atoms with Crippen molar-refractivity contribution in [3.8, 4) is 0 Å². The van der Waals surface area contributed by atoms with Gasteiger partial charge in [-0.2, -0.15) is 11.8 Å². The highest BCUT2D eigenvalue weighted by atomic mass is 32.2. The first-order valence-corrected chi connectivity index (χ1v) is 8.66. The Kier molecular flexibility index (Phi) is 3.79. The molecule has 1 unspecified atom stereocenters. The van der Waals surface area contributed by atoms with E-state index in [-0.39, 0.29) is 4.75 Å². The number of carboxylic acids is 1. The summed E-state index contributed by atoms with van der Waals surface area (Å²) in [4.78, 5) is 20.8. The molecule has 3 rings (SSSR count). The topological polar surface area (TPSA) is 75.1 Å². The molecule has 7 heteroatoms. The number of aromatic nitrogens is 2.